The summed E-state index contributed by atoms with van der Waals surface area (Å²) in [6.07, 6.45) is 2.18. The maximum atomic E-state index is 13.2. The van der Waals surface area contributed by atoms with Crippen LogP contribution in [0.2, 0.25) is 0 Å². The van der Waals surface area contributed by atoms with Gasteiger partial charge in [-0.3, -0.25) is 0 Å². The average molecular weight is 345 g/mol. The third-order valence-corrected chi connectivity index (χ3v) is 3.67. The molecule has 110 valence electrons. The number of carbonyl (C=O) groups excluding carboxylic acids is 1. The number of likely N-dealkylation sites (N-methyl/N-ethyl adjacent to an activating group) is 1. The first-order valence-corrected chi connectivity index (χ1v) is 7.39. The predicted octanol–water partition coefficient (Wildman–Crippen LogP) is 2.91. The second-order valence-electron chi connectivity index (χ2n) is 4.95. The molecule has 4 nitrogen and oxygen atoms in total. The zero-order chi connectivity index (χ0) is 14.5. The highest BCUT2D eigenvalue weighted by Gasteiger charge is 2.19. The fourth-order valence-electron chi connectivity index (χ4n) is 2.20. The molecule has 1 aromatic carbocycles. The summed E-state index contributed by atoms with van der Waals surface area (Å²) in [6.45, 7) is 1.65. The summed E-state index contributed by atoms with van der Waals surface area (Å²) in [5, 5.41) is 2.77. The molecule has 1 heterocycles. The van der Waals surface area contributed by atoms with E-state index < -0.39 is 0 Å². The van der Waals surface area contributed by atoms with Crippen LogP contribution in [0.1, 0.15) is 18.4 Å². The SMILES string of the molecule is CN(C[C@H]1CCCO1)C(=O)NCc1cc(F)cc(Br)c1. The van der Waals surface area contributed by atoms with Crippen LogP contribution >= 0.6 is 15.9 Å². The van der Waals surface area contributed by atoms with Crippen LogP contribution in [-0.4, -0.2) is 37.2 Å². The quantitative estimate of drug-likeness (QED) is 0.912. The van der Waals surface area contributed by atoms with Crippen molar-refractivity contribution in [1.82, 2.24) is 10.2 Å². The number of urea groups is 1. The number of nitrogens with one attached hydrogen (secondary N) is 1. The first-order valence-electron chi connectivity index (χ1n) is 6.60. The lowest BCUT2D eigenvalue weighted by Crippen LogP contribution is -2.40. The van der Waals surface area contributed by atoms with E-state index in [9.17, 15) is 9.18 Å². The maximum absolute atomic E-state index is 13.2. The summed E-state index contributed by atoms with van der Waals surface area (Å²) in [5.41, 5.74) is 0.718. The average Bonchev–Trinajstić information content (AvgIpc) is 2.87. The molecule has 6 heteroatoms. The number of ether oxygens (including phenoxy) is 1. The van der Waals surface area contributed by atoms with Crippen LogP contribution in [0.4, 0.5) is 9.18 Å². The molecular formula is C14H18BrFN2O2. The summed E-state index contributed by atoms with van der Waals surface area (Å²) >= 11 is 3.23. The van der Waals surface area contributed by atoms with E-state index in [2.05, 4.69) is 21.2 Å². The van der Waals surface area contributed by atoms with Gasteiger partial charge in [-0.1, -0.05) is 15.9 Å². The first-order chi connectivity index (χ1) is 9.54. The largest absolute Gasteiger partial charge is 0.376 e. The molecule has 1 fully saturated rings. The van der Waals surface area contributed by atoms with E-state index in [1.807, 2.05) is 0 Å². The predicted molar refractivity (Wildman–Crippen MR) is 77.9 cm³/mol. The molecule has 1 N–H and O–H groups in total. The van der Waals surface area contributed by atoms with Gasteiger partial charge in [0.1, 0.15) is 5.82 Å². The van der Waals surface area contributed by atoms with E-state index >= 15 is 0 Å². The van der Waals surface area contributed by atoms with Gasteiger partial charge < -0.3 is 15.0 Å². The van der Waals surface area contributed by atoms with E-state index in [-0.39, 0.29) is 18.0 Å². The number of carbonyl (C=O) groups is 1. The van der Waals surface area contributed by atoms with E-state index in [4.69, 9.17) is 4.74 Å². The molecule has 0 aromatic heterocycles. The van der Waals surface area contributed by atoms with Crippen LogP contribution in [0.3, 0.4) is 0 Å². The van der Waals surface area contributed by atoms with Gasteiger partial charge in [-0.05, 0) is 36.6 Å². The normalized spacial score (nSPS) is 18.1. The summed E-state index contributed by atoms with van der Waals surface area (Å²) in [4.78, 5) is 13.5. The van der Waals surface area contributed by atoms with Gasteiger partial charge in [0.15, 0.2) is 0 Å². The molecule has 2 amide bonds. The number of hydrogen-bond donors (Lipinski definition) is 1. The van der Waals surface area contributed by atoms with Gasteiger partial charge in [0.2, 0.25) is 0 Å². The molecule has 0 unspecified atom stereocenters. The van der Waals surface area contributed by atoms with Gasteiger partial charge in [0, 0.05) is 31.2 Å². The third kappa shape index (κ3) is 4.45. The minimum Gasteiger partial charge on any atom is -0.376 e. The van der Waals surface area contributed by atoms with E-state index in [0.29, 0.717) is 17.6 Å². The number of benzene rings is 1. The Kier molecular flexibility index (Phi) is 5.37. The summed E-state index contributed by atoms with van der Waals surface area (Å²) in [7, 11) is 1.73. The zero-order valence-electron chi connectivity index (χ0n) is 11.4. The monoisotopic (exact) mass is 344 g/mol. The Labute approximate surface area is 126 Å². The van der Waals surface area contributed by atoms with Crippen molar-refractivity contribution >= 4 is 22.0 Å². The molecule has 1 aliphatic heterocycles. The van der Waals surface area contributed by atoms with Crippen molar-refractivity contribution in [3.8, 4) is 0 Å². The zero-order valence-corrected chi connectivity index (χ0v) is 13.0. The second kappa shape index (κ2) is 7.04. The van der Waals surface area contributed by atoms with Gasteiger partial charge in [-0.25, -0.2) is 9.18 Å². The van der Waals surface area contributed by atoms with E-state index in [1.165, 1.54) is 12.1 Å². The molecule has 0 saturated carbocycles. The first kappa shape index (κ1) is 15.3. The topological polar surface area (TPSA) is 41.6 Å². The standard InChI is InChI=1S/C14H18BrFN2O2/c1-18(9-13-3-2-4-20-13)14(19)17-8-10-5-11(15)7-12(16)6-10/h5-7,13H,2-4,8-9H2,1H3,(H,17,19)/t13-/m1/s1. The van der Waals surface area contributed by atoms with Crippen molar-refractivity contribution in [2.24, 2.45) is 0 Å². The molecule has 1 aliphatic rings. The minimum absolute atomic E-state index is 0.133. The molecular weight excluding hydrogens is 327 g/mol. The van der Waals surface area contributed by atoms with Crippen LogP contribution < -0.4 is 5.32 Å². The lowest BCUT2D eigenvalue weighted by molar-refractivity contribution is 0.0874. The Morgan fingerprint density at radius 2 is 2.35 bits per heavy atom. The van der Waals surface area contributed by atoms with Gasteiger partial charge >= 0.3 is 6.03 Å². The van der Waals surface area contributed by atoms with E-state index in [1.54, 1.807) is 18.0 Å². The fourth-order valence-corrected chi connectivity index (χ4v) is 2.72. The molecule has 0 bridgehead atoms. The van der Waals surface area contributed by atoms with Crippen molar-refractivity contribution in [3.63, 3.8) is 0 Å². The summed E-state index contributed by atoms with van der Waals surface area (Å²) in [6, 6.07) is 4.39. The molecule has 1 aromatic rings. The van der Waals surface area contributed by atoms with E-state index in [0.717, 1.165) is 25.0 Å². The summed E-state index contributed by atoms with van der Waals surface area (Å²) < 4.78 is 19.4. The summed E-state index contributed by atoms with van der Waals surface area (Å²) in [5.74, 6) is -0.323. The van der Waals surface area contributed by atoms with Crippen molar-refractivity contribution < 1.29 is 13.9 Å². The molecule has 1 saturated heterocycles. The van der Waals surface area contributed by atoms with Gasteiger partial charge in [0.05, 0.1) is 6.10 Å². The maximum Gasteiger partial charge on any atom is 0.317 e. The Balaban J connectivity index is 1.81. The van der Waals surface area contributed by atoms with Gasteiger partial charge in [0.25, 0.3) is 0 Å². The third-order valence-electron chi connectivity index (χ3n) is 3.21. The lowest BCUT2D eigenvalue weighted by Gasteiger charge is -2.21. The lowest BCUT2D eigenvalue weighted by atomic mass is 10.2. The number of amides is 2. The van der Waals surface area contributed by atoms with Crippen molar-refractivity contribution in [2.45, 2.75) is 25.5 Å². The second-order valence-corrected chi connectivity index (χ2v) is 5.87. The number of halogens is 2. The number of hydrogen-bond acceptors (Lipinski definition) is 2. The molecule has 20 heavy (non-hydrogen) atoms. The van der Waals surface area contributed by atoms with Gasteiger partial charge in [-0.2, -0.15) is 0 Å². The Morgan fingerprint density at radius 1 is 1.55 bits per heavy atom. The van der Waals surface area contributed by atoms with Gasteiger partial charge in [-0.15, -0.1) is 0 Å². The van der Waals surface area contributed by atoms with Crippen LogP contribution in [0.5, 0.6) is 0 Å². The number of nitrogens with zero attached hydrogens (tertiary/aromatic N) is 1. The molecule has 1 atom stereocenters. The fraction of sp³-hybridized carbons (Fsp3) is 0.500. The van der Waals surface area contributed by atoms with Crippen molar-refractivity contribution in [3.05, 3.63) is 34.1 Å². The highest BCUT2D eigenvalue weighted by Crippen LogP contribution is 2.15. The molecule has 0 aliphatic carbocycles. The molecule has 2 rings (SSSR count). The van der Waals surface area contributed by atoms with Crippen LogP contribution in [0, 0.1) is 5.82 Å². The Hall–Kier alpha value is -1.14. The number of rotatable bonds is 4. The Morgan fingerprint density at radius 3 is 3.00 bits per heavy atom. The highest BCUT2D eigenvalue weighted by molar-refractivity contribution is 9.10. The molecule has 0 spiro atoms. The van der Waals surface area contributed by atoms with Crippen molar-refractivity contribution in [2.75, 3.05) is 20.2 Å². The van der Waals surface area contributed by atoms with Crippen LogP contribution in [0.15, 0.2) is 22.7 Å². The van der Waals surface area contributed by atoms with Crippen LogP contribution in [0.25, 0.3) is 0 Å². The van der Waals surface area contributed by atoms with Crippen LogP contribution in [-0.2, 0) is 11.3 Å². The molecule has 0 radical (unpaired) electrons. The van der Waals surface area contributed by atoms with Crippen molar-refractivity contribution in [1.29, 1.82) is 0 Å². The Bertz CT molecular complexity index is 458. The highest BCUT2D eigenvalue weighted by atomic mass is 79.9. The minimum atomic E-state index is -0.323. The smallest absolute Gasteiger partial charge is 0.317 e.